The van der Waals surface area contributed by atoms with Crippen LogP contribution in [0.2, 0.25) is 0 Å². The Morgan fingerprint density at radius 1 is 0.489 bits per heavy atom. The number of hydrogen-bond acceptors (Lipinski definition) is 1. The fourth-order valence-corrected chi connectivity index (χ4v) is 8.01. The van der Waals surface area contributed by atoms with E-state index in [0.29, 0.717) is 0 Å². The SMILES string of the molecule is Cc1ccc2ccccc2c1.Cc1ccccc1-c1ccc2c3c4c(ccc3n(-c3ccccc3)c2c1C)sc1ccccc14. The van der Waals surface area contributed by atoms with Gasteiger partial charge in [-0.2, -0.15) is 0 Å². The first-order chi connectivity index (χ1) is 22.1. The summed E-state index contributed by atoms with van der Waals surface area (Å²) in [7, 11) is 0. The second kappa shape index (κ2) is 11.1. The lowest BCUT2D eigenvalue weighted by Gasteiger charge is -2.14. The van der Waals surface area contributed by atoms with Gasteiger partial charge in [0.25, 0.3) is 0 Å². The molecule has 9 aromatic rings. The monoisotopic (exact) mass is 595 g/mol. The molecular weight excluding hydrogens is 563 g/mol. The molecule has 2 heterocycles. The number of thiophene rings is 1. The van der Waals surface area contributed by atoms with Crippen LogP contribution >= 0.6 is 11.3 Å². The zero-order valence-corrected chi connectivity index (χ0v) is 26.5. The molecule has 2 aromatic heterocycles. The average molecular weight is 596 g/mol. The molecule has 0 aliphatic rings. The van der Waals surface area contributed by atoms with Crippen LogP contribution in [0.5, 0.6) is 0 Å². The van der Waals surface area contributed by atoms with Crippen LogP contribution in [0.1, 0.15) is 16.7 Å². The van der Waals surface area contributed by atoms with Gasteiger partial charge in [0.1, 0.15) is 0 Å². The summed E-state index contributed by atoms with van der Waals surface area (Å²) in [6, 6.07) is 52.5. The first kappa shape index (κ1) is 27.4. The Kier molecular flexibility index (Phi) is 6.73. The number of fused-ring (bicyclic) bond motifs is 8. The zero-order valence-electron chi connectivity index (χ0n) is 25.7. The van der Waals surface area contributed by atoms with E-state index in [1.54, 1.807) is 0 Å². The van der Waals surface area contributed by atoms with Crippen molar-refractivity contribution in [2.24, 2.45) is 0 Å². The lowest BCUT2D eigenvalue weighted by atomic mass is 9.94. The number of hydrogen-bond donors (Lipinski definition) is 0. The van der Waals surface area contributed by atoms with E-state index in [1.807, 2.05) is 11.3 Å². The fraction of sp³-hybridized carbons (Fsp3) is 0.0698. The first-order valence-corrected chi connectivity index (χ1v) is 16.3. The third-order valence-corrected chi connectivity index (χ3v) is 10.2. The summed E-state index contributed by atoms with van der Waals surface area (Å²) in [5, 5.41) is 8.04. The molecule has 2 heteroatoms. The fourth-order valence-electron chi connectivity index (χ4n) is 6.90. The first-order valence-electron chi connectivity index (χ1n) is 15.5. The molecule has 0 saturated carbocycles. The Morgan fingerprint density at radius 2 is 1.22 bits per heavy atom. The molecule has 1 nitrogen and oxygen atoms in total. The smallest absolute Gasteiger partial charge is 0.0576 e. The molecule has 0 aliphatic heterocycles. The van der Waals surface area contributed by atoms with Crippen LogP contribution in [0.15, 0.2) is 146 Å². The largest absolute Gasteiger partial charge is 0.309 e. The van der Waals surface area contributed by atoms with E-state index in [0.717, 1.165) is 0 Å². The van der Waals surface area contributed by atoms with Gasteiger partial charge in [-0.1, -0.05) is 121 Å². The van der Waals surface area contributed by atoms with Crippen molar-refractivity contribution in [3.05, 3.63) is 162 Å². The third kappa shape index (κ3) is 4.61. The van der Waals surface area contributed by atoms with Crippen LogP contribution in [-0.2, 0) is 0 Å². The van der Waals surface area contributed by atoms with Gasteiger partial charge in [0.05, 0.1) is 11.0 Å². The molecule has 0 amide bonds. The van der Waals surface area contributed by atoms with Gasteiger partial charge in [-0.15, -0.1) is 11.3 Å². The minimum atomic E-state index is 1.20. The molecule has 9 rings (SSSR count). The molecule has 0 spiro atoms. The van der Waals surface area contributed by atoms with Crippen molar-refractivity contribution in [3.63, 3.8) is 0 Å². The average Bonchev–Trinajstić information content (AvgIpc) is 3.62. The number of nitrogens with zero attached hydrogens (tertiary/aromatic N) is 1. The lowest BCUT2D eigenvalue weighted by Crippen LogP contribution is -1.96. The maximum atomic E-state index is 2.47. The van der Waals surface area contributed by atoms with E-state index in [4.69, 9.17) is 0 Å². The molecule has 0 saturated heterocycles. The molecule has 0 radical (unpaired) electrons. The highest BCUT2D eigenvalue weighted by molar-refractivity contribution is 7.26. The van der Waals surface area contributed by atoms with Crippen LogP contribution in [-0.4, -0.2) is 4.57 Å². The molecular formula is C43H33NS. The summed E-state index contributed by atoms with van der Waals surface area (Å²) >= 11 is 1.89. The van der Waals surface area contributed by atoms with Crippen LogP contribution in [0.4, 0.5) is 0 Å². The topological polar surface area (TPSA) is 4.93 Å². The highest BCUT2D eigenvalue weighted by Crippen LogP contribution is 2.45. The normalized spacial score (nSPS) is 11.4. The van der Waals surface area contributed by atoms with Gasteiger partial charge in [0.2, 0.25) is 0 Å². The highest BCUT2D eigenvalue weighted by atomic mass is 32.1. The number of aromatic nitrogens is 1. The van der Waals surface area contributed by atoms with Gasteiger partial charge in [-0.05, 0) is 84.1 Å². The van der Waals surface area contributed by atoms with Gasteiger partial charge in [0.15, 0.2) is 0 Å². The van der Waals surface area contributed by atoms with Gasteiger partial charge in [-0.3, -0.25) is 0 Å². The zero-order chi connectivity index (χ0) is 30.5. The van der Waals surface area contributed by atoms with Crippen molar-refractivity contribution in [2.75, 3.05) is 0 Å². The minimum absolute atomic E-state index is 1.20. The number of aryl methyl sites for hydroxylation is 3. The highest BCUT2D eigenvalue weighted by Gasteiger charge is 2.20. The maximum Gasteiger partial charge on any atom is 0.0576 e. The number of rotatable bonds is 2. The molecule has 0 unspecified atom stereocenters. The molecule has 0 aliphatic carbocycles. The maximum absolute atomic E-state index is 2.47. The number of benzene rings is 7. The summed E-state index contributed by atoms with van der Waals surface area (Å²) in [5.74, 6) is 0. The Hall–Kier alpha value is -5.18. The van der Waals surface area contributed by atoms with Gasteiger partial charge in [0, 0.05) is 36.6 Å². The molecule has 216 valence electrons. The third-order valence-electron chi connectivity index (χ3n) is 9.04. The molecule has 0 atom stereocenters. The van der Waals surface area contributed by atoms with Crippen LogP contribution in [0.3, 0.4) is 0 Å². The second-order valence-corrected chi connectivity index (χ2v) is 13.0. The van der Waals surface area contributed by atoms with Crippen molar-refractivity contribution in [2.45, 2.75) is 20.8 Å². The Morgan fingerprint density at radius 3 is 2.07 bits per heavy atom. The molecule has 7 aromatic carbocycles. The summed E-state index contributed by atoms with van der Waals surface area (Å²) < 4.78 is 5.16. The van der Waals surface area contributed by atoms with E-state index in [1.165, 1.54) is 86.3 Å². The molecule has 45 heavy (non-hydrogen) atoms. The van der Waals surface area contributed by atoms with Gasteiger partial charge >= 0.3 is 0 Å². The quantitative estimate of drug-likeness (QED) is 0.187. The van der Waals surface area contributed by atoms with E-state index in [9.17, 15) is 0 Å². The Labute approximate surface area is 267 Å². The van der Waals surface area contributed by atoms with Crippen molar-refractivity contribution in [3.8, 4) is 16.8 Å². The minimum Gasteiger partial charge on any atom is -0.309 e. The standard InChI is InChI=1S/C32H23NS.C11H10/c1-20-10-6-7-13-23(20)24-16-17-26-30-27(33(32(26)21(24)2)22-11-4-3-5-12-22)18-19-29-31(30)25-14-8-9-15-28(25)34-29;1-9-6-7-10-4-2-3-5-11(10)8-9/h3-19H,1-2H3;2-8H,1H3. The second-order valence-electron chi connectivity index (χ2n) is 11.9. The van der Waals surface area contributed by atoms with Gasteiger partial charge in [-0.25, -0.2) is 0 Å². The van der Waals surface area contributed by atoms with Crippen LogP contribution in [0.25, 0.3) is 69.6 Å². The van der Waals surface area contributed by atoms with Crippen LogP contribution in [0, 0.1) is 20.8 Å². The summed E-state index contributed by atoms with van der Waals surface area (Å²) in [5.41, 5.74) is 10.3. The Balaban J connectivity index is 0.000000230. The molecule has 0 bridgehead atoms. The van der Waals surface area contributed by atoms with E-state index in [2.05, 4.69) is 171 Å². The molecule has 0 fully saturated rings. The van der Waals surface area contributed by atoms with Crippen LogP contribution < -0.4 is 0 Å². The number of para-hydroxylation sites is 1. The predicted molar refractivity (Wildman–Crippen MR) is 197 cm³/mol. The predicted octanol–water partition coefficient (Wildman–Crippen LogP) is 12.6. The van der Waals surface area contributed by atoms with E-state index >= 15 is 0 Å². The van der Waals surface area contributed by atoms with E-state index in [-0.39, 0.29) is 0 Å². The van der Waals surface area contributed by atoms with Crippen molar-refractivity contribution in [1.82, 2.24) is 4.57 Å². The van der Waals surface area contributed by atoms with Crippen molar-refractivity contribution in [1.29, 1.82) is 0 Å². The lowest BCUT2D eigenvalue weighted by molar-refractivity contribution is 1.17. The molecule has 0 N–H and O–H groups in total. The summed E-state index contributed by atoms with van der Waals surface area (Å²) in [6.07, 6.45) is 0. The van der Waals surface area contributed by atoms with Gasteiger partial charge < -0.3 is 4.57 Å². The van der Waals surface area contributed by atoms with Crippen molar-refractivity contribution < 1.29 is 0 Å². The van der Waals surface area contributed by atoms with Crippen molar-refractivity contribution >= 4 is 64.1 Å². The van der Waals surface area contributed by atoms with E-state index < -0.39 is 0 Å². The summed E-state index contributed by atoms with van der Waals surface area (Å²) in [4.78, 5) is 0. The Bertz CT molecular complexity index is 2510. The summed E-state index contributed by atoms with van der Waals surface area (Å²) in [6.45, 7) is 6.60.